The average Bonchev–Trinajstić information content (AvgIpc) is 2.55. The highest BCUT2D eigenvalue weighted by atomic mass is 16.6. The predicted octanol–water partition coefficient (Wildman–Crippen LogP) is 2.24. The van der Waals surface area contributed by atoms with Crippen LogP contribution < -0.4 is 5.73 Å². The van der Waals surface area contributed by atoms with E-state index in [0.29, 0.717) is 11.1 Å². The standard InChI is InChI=1S/C13H9NO3.C3H7NO2/c15-13(10-4-2-1-3-5-10)11-6-8-12(9-7-11)14(16)17;1-2(4)3(5)6/h1-9H;2H,4H2,1H3,(H,5,6). The fourth-order valence-electron chi connectivity index (χ4n) is 1.49. The highest BCUT2D eigenvalue weighted by Gasteiger charge is 2.10. The number of aliphatic carboxylic acids is 1. The molecule has 0 heterocycles. The van der Waals surface area contributed by atoms with Gasteiger partial charge in [0.25, 0.3) is 5.69 Å². The number of non-ortho nitro benzene ring substituents is 1. The molecule has 2 aromatic carbocycles. The van der Waals surface area contributed by atoms with Gasteiger partial charge < -0.3 is 10.8 Å². The molecule has 1 unspecified atom stereocenters. The van der Waals surface area contributed by atoms with Crippen molar-refractivity contribution in [2.75, 3.05) is 0 Å². The van der Waals surface area contributed by atoms with Crippen molar-refractivity contribution in [3.63, 3.8) is 0 Å². The van der Waals surface area contributed by atoms with Crippen LogP contribution in [0.1, 0.15) is 22.8 Å². The smallest absolute Gasteiger partial charge is 0.320 e. The largest absolute Gasteiger partial charge is 0.480 e. The van der Waals surface area contributed by atoms with Gasteiger partial charge in [-0.25, -0.2) is 0 Å². The van der Waals surface area contributed by atoms with Gasteiger partial charge in [-0.05, 0) is 19.1 Å². The number of hydrogen-bond acceptors (Lipinski definition) is 5. The van der Waals surface area contributed by atoms with Gasteiger partial charge in [0, 0.05) is 23.3 Å². The van der Waals surface area contributed by atoms with Crippen molar-refractivity contribution >= 4 is 17.4 Å². The average molecular weight is 316 g/mol. The molecule has 1 atom stereocenters. The summed E-state index contributed by atoms with van der Waals surface area (Å²) in [7, 11) is 0. The van der Waals surface area contributed by atoms with E-state index in [0.717, 1.165) is 0 Å². The van der Waals surface area contributed by atoms with Crippen molar-refractivity contribution in [1.29, 1.82) is 0 Å². The van der Waals surface area contributed by atoms with E-state index < -0.39 is 16.9 Å². The number of rotatable bonds is 4. The second kappa shape index (κ2) is 8.40. The minimum Gasteiger partial charge on any atom is -0.480 e. The van der Waals surface area contributed by atoms with Gasteiger partial charge in [-0.3, -0.25) is 19.7 Å². The van der Waals surface area contributed by atoms with E-state index in [-0.39, 0.29) is 11.5 Å². The molecule has 2 rings (SSSR count). The van der Waals surface area contributed by atoms with Gasteiger partial charge in [-0.2, -0.15) is 0 Å². The molecule has 0 bridgehead atoms. The maximum absolute atomic E-state index is 12.0. The van der Waals surface area contributed by atoms with Gasteiger partial charge in [0.15, 0.2) is 5.78 Å². The molecule has 0 fully saturated rings. The van der Waals surface area contributed by atoms with Crippen LogP contribution >= 0.6 is 0 Å². The first-order valence-corrected chi connectivity index (χ1v) is 6.65. The summed E-state index contributed by atoms with van der Waals surface area (Å²) in [5.74, 6) is -1.10. The summed E-state index contributed by atoms with van der Waals surface area (Å²) in [6, 6.07) is 13.7. The molecule has 0 aliphatic rings. The lowest BCUT2D eigenvalue weighted by Gasteiger charge is -2.00. The molecular weight excluding hydrogens is 300 g/mol. The summed E-state index contributed by atoms with van der Waals surface area (Å²) in [5.41, 5.74) is 5.83. The zero-order valence-corrected chi connectivity index (χ0v) is 12.4. The van der Waals surface area contributed by atoms with Crippen molar-refractivity contribution in [1.82, 2.24) is 0 Å². The molecule has 0 spiro atoms. The SMILES string of the molecule is CC(N)C(=O)O.O=C(c1ccccc1)c1ccc([N+](=O)[O-])cc1. The second-order valence-corrected chi connectivity index (χ2v) is 4.63. The van der Waals surface area contributed by atoms with Crippen molar-refractivity contribution in [2.24, 2.45) is 5.73 Å². The number of nitrogens with zero attached hydrogens (tertiary/aromatic N) is 1. The molecule has 0 radical (unpaired) electrons. The Bertz CT molecular complexity index is 681. The van der Waals surface area contributed by atoms with Crippen molar-refractivity contribution in [3.05, 3.63) is 75.8 Å². The fraction of sp³-hybridized carbons (Fsp3) is 0.125. The Morgan fingerprint density at radius 2 is 1.48 bits per heavy atom. The maximum atomic E-state index is 12.0. The van der Waals surface area contributed by atoms with Gasteiger partial charge in [0.05, 0.1) is 4.92 Å². The normalized spacial score (nSPS) is 10.9. The number of nitro groups is 1. The Balaban J connectivity index is 0.000000379. The van der Waals surface area contributed by atoms with E-state index in [2.05, 4.69) is 0 Å². The lowest BCUT2D eigenvalue weighted by Crippen LogP contribution is -2.25. The third-order valence-electron chi connectivity index (χ3n) is 2.77. The van der Waals surface area contributed by atoms with Gasteiger partial charge in [-0.1, -0.05) is 30.3 Å². The number of nitro benzene ring substituents is 1. The van der Waals surface area contributed by atoms with E-state index in [1.54, 1.807) is 24.3 Å². The van der Waals surface area contributed by atoms with Crippen LogP contribution in [-0.4, -0.2) is 27.8 Å². The Labute approximate surface area is 132 Å². The number of benzene rings is 2. The van der Waals surface area contributed by atoms with Crippen LogP contribution in [-0.2, 0) is 4.79 Å². The fourth-order valence-corrected chi connectivity index (χ4v) is 1.49. The van der Waals surface area contributed by atoms with Gasteiger partial charge in [0.2, 0.25) is 0 Å². The predicted molar refractivity (Wildman–Crippen MR) is 84.3 cm³/mol. The van der Waals surface area contributed by atoms with Crippen molar-refractivity contribution in [3.8, 4) is 0 Å². The van der Waals surface area contributed by atoms with E-state index in [1.165, 1.54) is 31.2 Å². The molecule has 7 nitrogen and oxygen atoms in total. The first kappa shape index (κ1) is 18.0. The third kappa shape index (κ3) is 5.68. The first-order chi connectivity index (χ1) is 10.8. The quantitative estimate of drug-likeness (QED) is 0.506. The Kier molecular flexibility index (Phi) is 6.57. The molecule has 0 aromatic heterocycles. The highest BCUT2D eigenvalue weighted by Crippen LogP contribution is 2.15. The topological polar surface area (TPSA) is 124 Å². The van der Waals surface area contributed by atoms with E-state index in [1.807, 2.05) is 6.07 Å². The lowest BCUT2D eigenvalue weighted by atomic mass is 10.0. The highest BCUT2D eigenvalue weighted by molar-refractivity contribution is 6.09. The number of carboxylic acids is 1. The number of nitrogens with two attached hydrogens (primary N) is 1. The van der Waals surface area contributed by atoms with Gasteiger partial charge in [0.1, 0.15) is 6.04 Å². The maximum Gasteiger partial charge on any atom is 0.320 e. The first-order valence-electron chi connectivity index (χ1n) is 6.65. The summed E-state index contributed by atoms with van der Waals surface area (Å²) < 4.78 is 0. The Morgan fingerprint density at radius 1 is 1.04 bits per heavy atom. The third-order valence-corrected chi connectivity index (χ3v) is 2.77. The van der Waals surface area contributed by atoms with E-state index in [9.17, 15) is 19.7 Å². The number of hydrogen-bond donors (Lipinski definition) is 2. The van der Waals surface area contributed by atoms with Gasteiger partial charge >= 0.3 is 5.97 Å². The minimum atomic E-state index is -0.963. The summed E-state index contributed by atoms with van der Waals surface area (Å²) in [6.45, 7) is 1.42. The Morgan fingerprint density at radius 3 is 1.87 bits per heavy atom. The Hall–Kier alpha value is -3.06. The van der Waals surface area contributed by atoms with Crippen LogP contribution in [0.25, 0.3) is 0 Å². The molecule has 0 saturated heterocycles. The van der Waals surface area contributed by atoms with Crippen LogP contribution in [0.15, 0.2) is 54.6 Å². The number of carbonyl (C=O) groups is 2. The monoisotopic (exact) mass is 316 g/mol. The summed E-state index contributed by atoms with van der Waals surface area (Å²) >= 11 is 0. The number of carbonyl (C=O) groups excluding carboxylic acids is 1. The summed E-state index contributed by atoms with van der Waals surface area (Å²) in [4.78, 5) is 31.5. The molecule has 0 amide bonds. The van der Waals surface area contributed by atoms with Crippen LogP contribution in [0.5, 0.6) is 0 Å². The molecule has 2 aromatic rings. The molecule has 0 aliphatic heterocycles. The molecule has 23 heavy (non-hydrogen) atoms. The van der Waals surface area contributed by atoms with Crippen LogP contribution in [0.3, 0.4) is 0 Å². The van der Waals surface area contributed by atoms with Crippen LogP contribution in [0.4, 0.5) is 5.69 Å². The van der Waals surface area contributed by atoms with Gasteiger partial charge in [-0.15, -0.1) is 0 Å². The minimum absolute atomic E-state index is 0.0189. The van der Waals surface area contributed by atoms with Crippen molar-refractivity contribution in [2.45, 2.75) is 13.0 Å². The number of carboxylic acid groups (broad SMARTS) is 1. The van der Waals surface area contributed by atoms with E-state index >= 15 is 0 Å². The number of ketones is 1. The second-order valence-electron chi connectivity index (χ2n) is 4.63. The molecule has 3 N–H and O–H groups in total. The summed E-state index contributed by atoms with van der Waals surface area (Å²) in [5, 5.41) is 18.3. The molecular formula is C16H16N2O5. The molecule has 0 saturated carbocycles. The molecule has 0 aliphatic carbocycles. The van der Waals surface area contributed by atoms with E-state index in [4.69, 9.17) is 10.8 Å². The molecule has 120 valence electrons. The molecule has 7 heteroatoms. The zero-order valence-electron chi connectivity index (χ0n) is 12.4. The van der Waals surface area contributed by atoms with Crippen LogP contribution in [0.2, 0.25) is 0 Å². The van der Waals surface area contributed by atoms with Crippen LogP contribution in [0, 0.1) is 10.1 Å². The summed E-state index contributed by atoms with van der Waals surface area (Å²) in [6.07, 6.45) is 0. The zero-order chi connectivity index (χ0) is 17.4. The lowest BCUT2D eigenvalue weighted by molar-refractivity contribution is -0.384. The van der Waals surface area contributed by atoms with Crippen molar-refractivity contribution < 1.29 is 19.6 Å².